The van der Waals surface area contributed by atoms with Gasteiger partial charge in [0.1, 0.15) is 0 Å². The fraction of sp³-hybridized carbons (Fsp3) is 0.381. The maximum absolute atomic E-state index is 12.8. The molecule has 0 aliphatic carbocycles. The largest absolute Gasteiger partial charge is 0.367 e. The summed E-state index contributed by atoms with van der Waals surface area (Å²) in [7, 11) is 0. The predicted octanol–water partition coefficient (Wildman–Crippen LogP) is 3.44. The second-order valence-corrected chi connectivity index (χ2v) is 7.38. The zero-order valence-corrected chi connectivity index (χ0v) is 15.7. The number of nitrogens with zero attached hydrogens (tertiary/aromatic N) is 3. The van der Waals surface area contributed by atoms with Crippen molar-refractivity contribution in [1.82, 2.24) is 4.90 Å². The Kier molecular flexibility index (Phi) is 5.02. The molecular weight excluding hydrogens is 346 g/mol. The molecule has 1 fully saturated rings. The van der Waals surface area contributed by atoms with E-state index in [4.69, 9.17) is 11.6 Å². The predicted molar refractivity (Wildman–Crippen MR) is 107 cm³/mol. The Bertz CT molecular complexity index is 786. The van der Waals surface area contributed by atoms with E-state index in [1.165, 1.54) is 11.3 Å². The molecule has 2 aliphatic rings. The van der Waals surface area contributed by atoms with Gasteiger partial charge in [-0.1, -0.05) is 41.9 Å². The monoisotopic (exact) mass is 369 g/mol. The van der Waals surface area contributed by atoms with Gasteiger partial charge in [-0.2, -0.15) is 0 Å². The number of aryl methyl sites for hydroxylation is 1. The van der Waals surface area contributed by atoms with Gasteiger partial charge in [0.15, 0.2) is 0 Å². The number of benzene rings is 2. The van der Waals surface area contributed by atoms with Crippen LogP contribution in [-0.4, -0.2) is 50.1 Å². The lowest BCUT2D eigenvalue weighted by Crippen LogP contribution is -2.51. The summed E-state index contributed by atoms with van der Waals surface area (Å²) >= 11 is 6.30. The number of hydrogen-bond acceptors (Lipinski definition) is 3. The summed E-state index contributed by atoms with van der Waals surface area (Å²) in [6.45, 7) is 4.59. The average molecular weight is 370 g/mol. The van der Waals surface area contributed by atoms with E-state index in [1.807, 2.05) is 29.2 Å². The quantitative estimate of drug-likeness (QED) is 0.829. The molecule has 0 spiro atoms. The summed E-state index contributed by atoms with van der Waals surface area (Å²) in [5.41, 5.74) is 3.64. The van der Waals surface area contributed by atoms with Crippen LogP contribution in [0.15, 0.2) is 48.5 Å². The van der Waals surface area contributed by atoms with E-state index >= 15 is 0 Å². The Morgan fingerprint density at radius 3 is 2.35 bits per heavy atom. The lowest BCUT2D eigenvalue weighted by Gasteiger charge is -2.38. The molecule has 26 heavy (non-hydrogen) atoms. The number of halogens is 1. The Morgan fingerprint density at radius 2 is 1.58 bits per heavy atom. The molecule has 2 aliphatic heterocycles. The molecule has 136 valence electrons. The molecule has 0 saturated carbocycles. The molecule has 2 aromatic carbocycles. The molecule has 2 aromatic rings. The van der Waals surface area contributed by atoms with Gasteiger partial charge in [-0.05, 0) is 36.6 Å². The number of hydrogen-bond donors (Lipinski definition) is 0. The van der Waals surface area contributed by atoms with Crippen LogP contribution in [0.5, 0.6) is 0 Å². The highest BCUT2D eigenvalue weighted by molar-refractivity contribution is 6.33. The minimum absolute atomic E-state index is 0.223. The number of para-hydroxylation sites is 2. The van der Waals surface area contributed by atoms with Gasteiger partial charge < -0.3 is 14.7 Å². The van der Waals surface area contributed by atoms with Crippen LogP contribution < -0.4 is 9.80 Å². The molecule has 0 unspecified atom stereocenters. The maximum atomic E-state index is 12.8. The van der Waals surface area contributed by atoms with Gasteiger partial charge in [0.2, 0.25) is 5.91 Å². The van der Waals surface area contributed by atoms with Crippen LogP contribution >= 0.6 is 11.6 Å². The third-order valence-electron chi connectivity index (χ3n) is 5.36. The number of fused-ring (bicyclic) bond motifs is 1. The van der Waals surface area contributed by atoms with Gasteiger partial charge in [-0.25, -0.2) is 0 Å². The number of piperazine rings is 1. The molecule has 0 aromatic heterocycles. The highest BCUT2D eigenvalue weighted by Gasteiger charge is 2.25. The minimum atomic E-state index is 0.223. The first-order valence-electron chi connectivity index (χ1n) is 9.32. The van der Waals surface area contributed by atoms with E-state index in [0.717, 1.165) is 56.3 Å². The van der Waals surface area contributed by atoms with Gasteiger partial charge in [-0.3, -0.25) is 4.79 Å². The number of carbonyl (C=O) groups excluding carboxylic acids is 1. The SMILES string of the molecule is O=C(CN1CCCc2ccccc21)N1CCN(c2ccccc2Cl)CC1. The van der Waals surface area contributed by atoms with Gasteiger partial charge in [0.25, 0.3) is 0 Å². The summed E-state index contributed by atoms with van der Waals surface area (Å²) in [6, 6.07) is 16.4. The summed E-state index contributed by atoms with van der Waals surface area (Å²) in [4.78, 5) is 19.3. The fourth-order valence-corrected chi connectivity index (χ4v) is 4.20. The fourth-order valence-electron chi connectivity index (χ4n) is 3.94. The van der Waals surface area contributed by atoms with Crippen LogP contribution in [0.2, 0.25) is 5.02 Å². The van der Waals surface area contributed by atoms with Crippen LogP contribution in [0.1, 0.15) is 12.0 Å². The average Bonchev–Trinajstić information content (AvgIpc) is 2.69. The van der Waals surface area contributed by atoms with Crippen LogP contribution in [0, 0.1) is 0 Å². The van der Waals surface area contributed by atoms with Crippen molar-refractivity contribution in [3.8, 4) is 0 Å². The highest BCUT2D eigenvalue weighted by atomic mass is 35.5. The Hall–Kier alpha value is -2.20. The first-order chi connectivity index (χ1) is 12.7. The van der Waals surface area contributed by atoms with E-state index in [2.05, 4.69) is 34.1 Å². The molecule has 0 bridgehead atoms. The van der Waals surface area contributed by atoms with E-state index in [9.17, 15) is 4.79 Å². The third-order valence-corrected chi connectivity index (χ3v) is 5.68. The van der Waals surface area contributed by atoms with Crippen molar-refractivity contribution >= 4 is 28.9 Å². The number of anilines is 2. The Balaban J connectivity index is 1.37. The normalized spacial score (nSPS) is 17.2. The third kappa shape index (κ3) is 3.51. The van der Waals surface area contributed by atoms with Crippen molar-refractivity contribution in [1.29, 1.82) is 0 Å². The van der Waals surface area contributed by atoms with Crippen molar-refractivity contribution in [3.63, 3.8) is 0 Å². The Labute approximate surface area is 160 Å². The van der Waals surface area contributed by atoms with Crippen LogP contribution in [0.25, 0.3) is 0 Å². The Morgan fingerprint density at radius 1 is 0.885 bits per heavy atom. The standard InChI is InChI=1S/C21H24ClN3O/c22-18-8-2-4-10-20(18)23-12-14-24(15-13-23)21(26)16-25-11-5-7-17-6-1-3-9-19(17)25/h1-4,6,8-10H,5,7,11-16H2. The van der Waals surface area contributed by atoms with Crippen LogP contribution in [-0.2, 0) is 11.2 Å². The summed E-state index contributed by atoms with van der Waals surface area (Å²) in [5.74, 6) is 0.223. The van der Waals surface area contributed by atoms with E-state index in [1.54, 1.807) is 0 Å². The van der Waals surface area contributed by atoms with Gasteiger partial charge in [0, 0.05) is 38.4 Å². The minimum Gasteiger partial charge on any atom is -0.367 e. The maximum Gasteiger partial charge on any atom is 0.242 e. The number of rotatable bonds is 3. The van der Waals surface area contributed by atoms with Crippen LogP contribution in [0.4, 0.5) is 11.4 Å². The van der Waals surface area contributed by atoms with Crippen molar-refractivity contribution < 1.29 is 4.79 Å². The second-order valence-electron chi connectivity index (χ2n) is 6.97. The van der Waals surface area contributed by atoms with Crippen LogP contribution in [0.3, 0.4) is 0 Å². The van der Waals surface area contributed by atoms with Gasteiger partial charge >= 0.3 is 0 Å². The van der Waals surface area contributed by atoms with E-state index in [-0.39, 0.29) is 5.91 Å². The highest BCUT2D eigenvalue weighted by Crippen LogP contribution is 2.28. The first kappa shape index (κ1) is 17.2. The van der Waals surface area contributed by atoms with Crippen molar-refractivity contribution in [2.45, 2.75) is 12.8 Å². The van der Waals surface area contributed by atoms with Crippen molar-refractivity contribution in [3.05, 3.63) is 59.1 Å². The molecule has 1 saturated heterocycles. The number of amides is 1. The smallest absolute Gasteiger partial charge is 0.242 e. The lowest BCUT2D eigenvalue weighted by atomic mass is 10.0. The molecule has 4 rings (SSSR count). The van der Waals surface area contributed by atoms with E-state index in [0.29, 0.717) is 6.54 Å². The van der Waals surface area contributed by atoms with Gasteiger partial charge in [0.05, 0.1) is 17.3 Å². The second kappa shape index (κ2) is 7.58. The van der Waals surface area contributed by atoms with E-state index < -0.39 is 0 Å². The molecule has 5 heteroatoms. The number of carbonyl (C=O) groups is 1. The topological polar surface area (TPSA) is 26.8 Å². The van der Waals surface area contributed by atoms with Gasteiger partial charge in [-0.15, -0.1) is 0 Å². The molecule has 0 radical (unpaired) electrons. The zero-order chi connectivity index (χ0) is 17.9. The van der Waals surface area contributed by atoms with Crippen molar-refractivity contribution in [2.75, 3.05) is 49.1 Å². The van der Waals surface area contributed by atoms with Crippen molar-refractivity contribution in [2.24, 2.45) is 0 Å². The summed E-state index contributed by atoms with van der Waals surface area (Å²) < 4.78 is 0. The zero-order valence-electron chi connectivity index (χ0n) is 14.9. The molecule has 1 amide bonds. The molecule has 0 atom stereocenters. The first-order valence-corrected chi connectivity index (χ1v) is 9.70. The summed E-state index contributed by atoms with van der Waals surface area (Å²) in [5, 5.41) is 0.775. The molecule has 0 N–H and O–H groups in total. The molecule has 4 nitrogen and oxygen atoms in total. The summed E-state index contributed by atoms with van der Waals surface area (Å²) in [6.07, 6.45) is 2.22. The molecule has 2 heterocycles. The lowest BCUT2D eigenvalue weighted by molar-refractivity contribution is -0.130. The molecular formula is C21H24ClN3O.